The van der Waals surface area contributed by atoms with Crippen LogP contribution in [0, 0.1) is 0 Å². The van der Waals surface area contributed by atoms with Gasteiger partial charge in [0.05, 0.1) is 18.8 Å². The fourth-order valence-corrected chi connectivity index (χ4v) is 6.17. The van der Waals surface area contributed by atoms with Crippen LogP contribution in [0.3, 0.4) is 0 Å². The lowest BCUT2D eigenvalue weighted by Crippen LogP contribution is -2.45. The van der Waals surface area contributed by atoms with Gasteiger partial charge in [-0.2, -0.15) is 0 Å². The second-order valence-corrected chi connectivity index (χ2v) is 14.0. The summed E-state index contributed by atoms with van der Waals surface area (Å²) in [7, 11) is 0. The van der Waals surface area contributed by atoms with E-state index in [1.807, 2.05) is 0 Å². The molecule has 0 aromatic rings. The van der Waals surface area contributed by atoms with E-state index in [2.05, 4.69) is 67.8 Å². The molecular weight excluding hydrogens is 590 g/mol. The van der Waals surface area contributed by atoms with Crippen LogP contribution in [0.15, 0.2) is 48.6 Å². The Balaban J connectivity index is 3.57. The second-order valence-electron chi connectivity index (χ2n) is 14.0. The van der Waals surface area contributed by atoms with Crippen LogP contribution in [0.5, 0.6) is 0 Å². The fourth-order valence-electron chi connectivity index (χ4n) is 6.17. The van der Waals surface area contributed by atoms with Gasteiger partial charge >= 0.3 is 0 Å². The Hall–Kier alpha value is -1.65. The van der Waals surface area contributed by atoms with Gasteiger partial charge in [0.25, 0.3) is 0 Å². The number of aliphatic hydroxyl groups excluding tert-OH is 2. The van der Waals surface area contributed by atoms with E-state index in [-0.39, 0.29) is 12.5 Å². The average Bonchev–Trinajstić information content (AvgIpc) is 3.09. The van der Waals surface area contributed by atoms with Crippen LogP contribution >= 0.6 is 0 Å². The minimum Gasteiger partial charge on any atom is -0.394 e. The van der Waals surface area contributed by atoms with E-state index in [0.29, 0.717) is 12.8 Å². The van der Waals surface area contributed by atoms with Gasteiger partial charge in [-0.3, -0.25) is 4.79 Å². The third-order valence-corrected chi connectivity index (χ3v) is 9.35. The quantitative estimate of drug-likeness (QED) is 0.0455. The molecule has 0 heterocycles. The van der Waals surface area contributed by atoms with Crippen molar-refractivity contribution in [2.45, 2.75) is 219 Å². The molecule has 0 aromatic carbocycles. The van der Waals surface area contributed by atoms with Crippen molar-refractivity contribution >= 4 is 5.91 Å². The number of unbranched alkanes of at least 4 members (excludes halogenated alkanes) is 22. The number of carbonyl (C=O) groups excluding carboxylic acids is 1. The highest BCUT2D eigenvalue weighted by molar-refractivity contribution is 5.76. The van der Waals surface area contributed by atoms with Crippen molar-refractivity contribution in [3.05, 3.63) is 48.6 Å². The van der Waals surface area contributed by atoms with E-state index >= 15 is 0 Å². The maximum absolute atomic E-state index is 12.3. The maximum atomic E-state index is 12.3. The first-order chi connectivity index (χ1) is 23.7. The van der Waals surface area contributed by atoms with Gasteiger partial charge in [-0.05, 0) is 51.4 Å². The molecule has 3 N–H and O–H groups in total. The average molecular weight is 672 g/mol. The molecule has 4 heteroatoms. The summed E-state index contributed by atoms with van der Waals surface area (Å²) in [6.07, 6.45) is 53.3. The summed E-state index contributed by atoms with van der Waals surface area (Å²) in [6, 6.07) is -0.558. The third kappa shape index (κ3) is 35.7. The Kier molecular flexibility index (Phi) is 38.4. The number of allylic oxidation sites excluding steroid dienone is 8. The summed E-state index contributed by atoms with van der Waals surface area (Å²) in [5, 5.41) is 23.1. The van der Waals surface area contributed by atoms with Gasteiger partial charge in [-0.25, -0.2) is 0 Å². The molecule has 0 aliphatic carbocycles. The minimum absolute atomic E-state index is 0.0722. The maximum Gasteiger partial charge on any atom is 0.220 e. The second kappa shape index (κ2) is 39.8. The molecule has 2 unspecified atom stereocenters. The molecule has 0 rings (SSSR count). The molecule has 0 fully saturated rings. The van der Waals surface area contributed by atoms with Crippen LogP contribution in [-0.4, -0.2) is 34.9 Å². The van der Waals surface area contributed by atoms with Gasteiger partial charge < -0.3 is 15.5 Å². The van der Waals surface area contributed by atoms with E-state index in [1.165, 1.54) is 122 Å². The molecule has 2 atom stereocenters. The summed E-state index contributed by atoms with van der Waals surface area (Å²) < 4.78 is 0. The molecule has 4 nitrogen and oxygen atoms in total. The minimum atomic E-state index is -0.677. The van der Waals surface area contributed by atoms with Crippen molar-refractivity contribution < 1.29 is 15.0 Å². The summed E-state index contributed by atoms with van der Waals surface area (Å²) in [6.45, 7) is 4.23. The highest BCUT2D eigenvalue weighted by atomic mass is 16.3. The number of hydrogen-bond acceptors (Lipinski definition) is 3. The lowest BCUT2D eigenvalue weighted by Gasteiger charge is -2.22. The lowest BCUT2D eigenvalue weighted by atomic mass is 10.0. The van der Waals surface area contributed by atoms with Crippen LogP contribution in [-0.2, 0) is 4.79 Å². The molecular formula is C44H81NO3. The van der Waals surface area contributed by atoms with Crippen molar-refractivity contribution in [1.82, 2.24) is 5.32 Å². The number of amides is 1. The first-order valence-electron chi connectivity index (χ1n) is 20.8. The van der Waals surface area contributed by atoms with Gasteiger partial charge in [-0.15, -0.1) is 0 Å². The number of nitrogens with one attached hydrogen (secondary N) is 1. The van der Waals surface area contributed by atoms with Crippen LogP contribution in [0.1, 0.15) is 206 Å². The summed E-state index contributed by atoms with van der Waals surface area (Å²) >= 11 is 0. The molecule has 0 saturated heterocycles. The van der Waals surface area contributed by atoms with Gasteiger partial charge in [-0.1, -0.05) is 197 Å². The topological polar surface area (TPSA) is 69.6 Å². The summed E-state index contributed by atoms with van der Waals surface area (Å²) in [4.78, 5) is 12.3. The Morgan fingerprint density at radius 2 is 0.917 bits per heavy atom. The SMILES string of the molecule is CC/C=C\C/C=C\C/C=C\C/C=C\CCCCC(=O)NC(CO)C(O)CCCCCCCCCCCCCCCCCCCCCCC. The Morgan fingerprint density at radius 3 is 1.33 bits per heavy atom. The van der Waals surface area contributed by atoms with Gasteiger partial charge in [0.15, 0.2) is 0 Å². The van der Waals surface area contributed by atoms with Crippen molar-refractivity contribution in [3.63, 3.8) is 0 Å². The van der Waals surface area contributed by atoms with Crippen LogP contribution in [0.2, 0.25) is 0 Å². The van der Waals surface area contributed by atoms with Gasteiger partial charge in [0.1, 0.15) is 0 Å². The highest BCUT2D eigenvalue weighted by Gasteiger charge is 2.19. The lowest BCUT2D eigenvalue weighted by molar-refractivity contribution is -0.123. The predicted molar refractivity (Wildman–Crippen MR) is 211 cm³/mol. The zero-order valence-electron chi connectivity index (χ0n) is 32.0. The van der Waals surface area contributed by atoms with Crippen LogP contribution in [0.4, 0.5) is 0 Å². The van der Waals surface area contributed by atoms with Crippen LogP contribution in [0.25, 0.3) is 0 Å². The van der Waals surface area contributed by atoms with Gasteiger partial charge in [0, 0.05) is 6.42 Å². The molecule has 0 radical (unpaired) electrons. The number of aliphatic hydroxyl groups is 2. The molecule has 0 spiro atoms. The van der Waals surface area contributed by atoms with E-state index < -0.39 is 12.1 Å². The molecule has 0 saturated carbocycles. The molecule has 0 aliphatic heterocycles. The largest absolute Gasteiger partial charge is 0.394 e. The molecule has 0 aliphatic rings. The smallest absolute Gasteiger partial charge is 0.220 e. The van der Waals surface area contributed by atoms with E-state index in [4.69, 9.17) is 0 Å². The molecule has 280 valence electrons. The number of hydrogen-bond donors (Lipinski definition) is 3. The van der Waals surface area contributed by atoms with E-state index in [1.54, 1.807) is 0 Å². The summed E-state index contributed by atoms with van der Waals surface area (Å²) in [5.41, 5.74) is 0. The third-order valence-electron chi connectivity index (χ3n) is 9.35. The standard InChI is InChI=1S/C44H81NO3/c1-3-5-7-9-11-13-15-17-19-20-21-22-23-24-26-27-29-31-33-35-37-39-43(47)42(41-46)45-44(48)40-38-36-34-32-30-28-25-18-16-14-12-10-8-6-4-2/h6,8,12,14,18,25,30,32,42-43,46-47H,3-5,7,9-11,13,15-17,19-24,26-29,31,33-41H2,1-2H3,(H,45,48)/b8-6-,14-12-,25-18-,32-30-. The van der Waals surface area contributed by atoms with Crippen molar-refractivity contribution in [3.8, 4) is 0 Å². The molecule has 0 aromatic heterocycles. The Bertz CT molecular complexity index is 771. The van der Waals surface area contributed by atoms with Crippen molar-refractivity contribution in [2.24, 2.45) is 0 Å². The van der Waals surface area contributed by atoms with Crippen molar-refractivity contribution in [2.75, 3.05) is 6.61 Å². The Morgan fingerprint density at radius 1 is 0.521 bits per heavy atom. The van der Waals surface area contributed by atoms with E-state index in [0.717, 1.165) is 57.8 Å². The monoisotopic (exact) mass is 672 g/mol. The fraction of sp³-hybridized carbons (Fsp3) is 0.795. The normalized spacial score (nSPS) is 13.5. The first-order valence-corrected chi connectivity index (χ1v) is 20.8. The molecule has 0 bridgehead atoms. The number of rotatable bonds is 37. The van der Waals surface area contributed by atoms with Crippen molar-refractivity contribution in [1.29, 1.82) is 0 Å². The summed E-state index contributed by atoms with van der Waals surface area (Å²) in [5.74, 6) is -0.0722. The zero-order chi connectivity index (χ0) is 35.0. The van der Waals surface area contributed by atoms with Gasteiger partial charge in [0.2, 0.25) is 5.91 Å². The molecule has 48 heavy (non-hydrogen) atoms. The first kappa shape index (κ1) is 46.4. The van der Waals surface area contributed by atoms with E-state index in [9.17, 15) is 15.0 Å². The Labute approximate surface area is 299 Å². The predicted octanol–water partition coefficient (Wildman–Crippen LogP) is 12.8. The number of carbonyl (C=O) groups is 1. The molecule has 1 amide bonds. The zero-order valence-corrected chi connectivity index (χ0v) is 32.0. The highest BCUT2D eigenvalue weighted by Crippen LogP contribution is 2.16. The van der Waals surface area contributed by atoms with Crippen LogP contribution < -0.4 is 5.32 Å².